The molecule has 17 heavy (non-hydrogen) atoms. The molecule has 0 spiro atoms. The van der Waals surface area contributed by atoms with Gasteiger partial charge < -0.3 is 5.32 Å². The van der Waals surface area contributed by atoms with Crippen LogP contribution >= 0.6 is 0 Å². The Balaban J connectivity index is 2.69. The van der Waals surface area contributed by atoms with Crippen molar-refractivity contribution in [3.63, 3.8) is 0 Å². The zero-order chi connectivity index (χ0) is 12.8. The Morgan fingerprint density at radius 1 is 1.41 bits per heavy atom. The molecule has 0 radical (unpaired) electrons. The first-order valence-corrected chi connectivity index (χ1v) is 7.17. The molecule has 3 unspecified atom stereocenters. The molecule has 2 nitrogen and oxygen atoms in total. The van der Waals surface area contributed by atoms with Crippen LogP contribution in [0, 0.1) is 5.82 Å². The van der Waals surface area contributed by atoms with Gasteiger partial charge in [0.2, 0.25) is 0 Å². The molecule has 4 heteroatoms. The van der Waals surface area contributed by atoms with Crippen LogP contribution in [0.4, 0.5) is 4.39 Å². The van der Waals surface area contributed by atoms with Gasteiger partial charge in [0.15, 0.2) is 0 Å². The Kier molecular flexibility index (Phi) is 5.78. The van der Waals surface area contributed by atoms with Crippen molar-refractivity contribution in [3.05, 3.63) is 30.1 Å². The summed E-state index contributed by atoms with van der Waals surface area (Å²) in [6.45, 7) is 6.94. The zero-order valence-electron chi connectivity index (χ0n) is 10.6. The highest BCUT2D eigenvalue weighted by molar-refractivity contribution is 7.85. The van der Waals surface area contributed by atoms with E-state index in [1.54, 1.807) is 12.1 Å². The van der Waals surface area contributed by atoms with Crippen molar-refractivity contribution >= 4 is 10.8 Å². The fraction of sp³-hybridized carbons (Fsp3) is 0.538. The molecule has 0 aliphatic carbocycles. The van der Waals surface area contributed by atoms with Gasteiger partial charge >= 0.3 is 0 Å². The van der Waals surface area contributed by atoms with Gasteiger partial charge in [-0.2, -0.15) is 0 Å². The predicted molar refractivity (Wildman–Crippen MR) is 70.0 cm³/mol. The molecule has 0 aliphatic heterocycles. The van der Waals surface area contributed by atoms with Gasteiger partial charge in [0.1, 0.15) is 5.82 Å². The van der Waals surface area contributed by atoms with E-state index in [2.05, 4.69) is 12.2 Å². The number of rotatable bonds is 6. The molecule has 1 N–H and O–H groups in total. The lowest BCUT2D eigenvalue weighted by Crippen LogP contribution is -2.38. The molecule has 0 amide bonds. The maximum atomic E-state index is 13.0. The molecule has 0 aromatic heterocycles. The standard InChI is InChI=1S/C13H20FNOS/c1-4-8-15-10(2)11(3)17(16)13-7-5-6-12(14)9-13/h5-7,9-11,15H,4,8H2,1-3H3. The topological polar surface area (TPSA) is 29.1 Å². The lowest BCUT2D eigenvalue weighted by atomic mass is 10.2. The molecule has 1 rings (SSSR count). The first kappa shape index (κ1) is 14.3. The normalized spacial score (nSPS) is 16.5. The van der Waals surface area contributed by atoms with Crippen molar-refractivity contribution < 1.29 is 8.60 Å². The Hall–Kier alpha value is -0.740. The first-order valence-electron chi connectivity index (χ1n) is 5.95. The summed E-state index contributed by atoms with van der Waals surface area (Å²) in [5, 5.41) is 3.27. The molecule has 0 fully saturated rings. The van der Waals surface area contributed by atoms with Crippen LogP contribution in [0.25, 0.3) is 0 Å². The van der Waals surface area contributed by atoms with Crippen molar-refractivity contribution in [2.75, 3.05) is 6.54 Å². The van der Waals surface area contributed by atoms with Gasteiger partial charge in [-0.3, -0.25) is 4.21 Å². The molecule has 1 aromatic rings. The minimum Gasteiger partial charge on any atom is -0.313 e. The van der Waals surface area contributed by atoms with Gasteiger partial charge in [-0.25, -0.2) is 4.39 Å². The average molecular weight is 257 g/mol. The Morgan fingerprint density at radius 3 is 2.71 bits per heavy atom. The molecule has 96 valence electrons. The summed E-state index contributed by atoms with van der Waals surface area (Å²) < 4.78 is 25.3. The van der Waals surface area contributed by atoms with Gasteiger partial charge in [-0.1, -0.05) is 13.0 Å². The third kappa shape index (κ3) is 4.21. The second kappa shape index (κ2) is 6.87. The number of halogens is 1. The van der Waals surface area contributed by atoms with Crippen molar-refractivity contribution in [2.45, 2.75) is 43.4 Å². The quantitative estimate of drug-likeness (QED) is 0.849. The van der Waals surface area contributed by atoms with Crippen molar-refractivity contribution in [1.29, 1.82) is 0 Å². The van der Waals surface area contributed by atoms with E-state index >= 15 is 0 Å². The number of hydrogen-bond donors (Lipinski definition) is 1. The van der Waals surface area contributed by atoms with Gasteiger partial charge in [-0.15, -0.1) is 0 Å². The average Bonchev–Trinajstić information content (AvgIpc) is 2.34. The van der Waals surface area contributed by atoms with Crippen LogP contribution in [0.15, 0.2) is 29.2 Å². The van der Waals surface area contributed by atoms with E-state index in [9.17, 15) is 8.60 Å². The Labute approximate surface area is 105 Å². The van der Waals surface area contributed by atoms with Gasteiger partial charge in [0.05, 0.1) is 16.0 Å². The van der Waals surface area contributed by atoms with E-state index in [1.807, 2.05) is 13.8 Å². The van der Waals surface area contributed by atoms with Crippen LogP contribution in [-0.2, 0) is 10.8 Å². The lowest BCUT2D eigenvalue weighted by Gasteiger charge is -2.20. The van der Waals surface area contributed by atoms with E-state index in [-0.39, 0.29) is 17.1 Å². The second-order valence-electron chi connectivity index (χ2n) is 4.20. The number of benzene rings is 1. The summed E-state index contributed by atoms with van der Waals surface area (Å²) in [6.07, 6.45) is 1.05. The lowest BCUT2D eigenvalue weighted by molar-refractivity contribution is 0.531. The molecular formula is C13H20FNOS. The third-order valence-corrected chi connectivity index (χ3v) is 4.59. The molecule has 0 aliphatic rings. The minimum atomic E-state index is -1.17. The van der Waals surface area contributed by atoms with Gasteiger partial charge in [-0.05, 0) is 45.0 Å². The van der Waals surface area contributed by atoms with Crippen LogP contribution < -0.4 is 5.32 Å². The molecule has 0 bridgehead atoms. The fourth-order valence-corrected chi connectivity index (χ4v) is 2.87. The Morgan fingerprint density at radius 2 is 2.12 bits per heavy atom. The second-order valence-corrected chi connectivity index (χ2v) is 6.01. The van der Waals surface area contributed by atoms with Crippen LogP contribution in [-0.4, -0.2) is 22.0 Å². The Bertz CT molecular complexity index is 383. The fourth-order valence-electron chi connectivity index (χ4n) is 1.53. The van der Waals surface area contributed by atoms with Gasteiger partial charge in [0, 0.05) is 10.9 Å². The summed E-state index contributed by atoms with van der Waals surface area (Å²) in [5.74, 6) is -0.336. The monoisotopic (exact) mass is 257 g/mol. The maximum absolute atomic E-state index is 13.0. The highest BCUT2D eigenvalue weighted by Gasteiger charge is 2.19. The molecule has 0 saturated carbocycles. The highest BCUT2D eigenvalue weighted by atomic mass is 32.2. The van der Waals surface area contributed by atoms with Crippen molar-refractivity contribution in [1.82, 2.24) is 5.32 Å². The summed E-state index contributed by atoms with van der Waals surface area (Å²) in [4.78, 5) is 0.558. The van der Waals surface area contributed by atoms with E-state index in [0.717, 1.165) is 13.0 Å². The minimum absolute atomic E-state index is 0.0386. The summed E-state index contributed by atoms with van der Waals surface area (Å²) in [6, 6.07) is 6.17. The molecule has 0 saturated heterocycles. The zero-order valence-corrected chi connectivity index (χ0v) is 11.4. The van der Waals surface area contributed by atoms with Crippen LogP contribution in [0.1, 0.15) is 27.2 Å². The molecule has 3 atom stereocenters. The summed E-state index contributed by atoms with van der Waals surface area (Å²) >= 11 is 0. The van der Waals surface area contributed by atoms with E-state index in [0.29, 0.717) is 4.90 Å². The first-order chi connectivity index (χ1) is 8.06. The van der Waals surface area contributed by atoms with Crippen LogP contribution in [0.5, 0.6) is 0 Å². The van der Waals surface area contributed by atoms with Crippen molar-refractivity contribution in [3.8, 4) is 0 Å². The predicted octanol–water partition coefficient (Wildman–Crippen LogP) is 2.71. The smallest absolute Gasteiger partial charge is 0.124 e. The highest BCUT2D eigenvalue weighted by Crippen LogP contribution is 2.15. The van der Waals surface area contributed by atoms with E-state index < -0.39 is 10.8 Å². The van der Waals surface area contributed by atoms with Gasteiger partial charge in [0.25, 0.3) is 0 Å². The molecular weight excluding hydrogens is 237 g/mol. The number of nitrogens with one attached hydrogen (secondary N) is 1. The summed E-state index contributed by atoms with van der Waals surface area (Å²) in [5.41, 5.74) is 0. The molecule has 0 heterocycles. The van der Waals surface area contributed by atoms with Crippen LogP contribution in [0.3, 0.4) is 0 Å². The number of hydrogen-bond acceptors (Lipinski definition) is 2. The van der Waals surface area contributed by atoms with Crippen LogP contribution in [0.2, 0.25) is 0 Å². The van der Waals surface area contributed by atoms with Crippen molar-refractivity contribution in [2.24, 2.45) is 0 Å². The largest absolute Gasteiger partial charge is 0.313 e. The summed E-state index contributed by atoms with van der Waals surface area (Å²) in [7, 11) is -1.17. The maximum Gasteiger partial charge on any atom is 0.124 e. The van der Waals surface area contributed by atoms with E-state index in [4.69, 9.17) is 0 Å². The van der Waals surface area contributed by atoms with E-state index in [1.165, 1.54) is 12.1 Å². The molecule has 1 aromatic carbocycles. The third-order valence-electron chi connectivity index (χ3n) is 2.79. The SMILES string of the molecule is CCCNC(C)C(C)S(=O)c1cccc(F)c1.